The van der Waals surface area contributed by atoms with Crippen molar-refractivity contribution in [2.24, 2.45) is 0 Å². The van der Waals surface area contributed by atoms with Crippen LogP contribution < -0.4 is 5.32 Å². The number of aromatic amines is 1. The lowest BCUT2D eigenvalue weighted by Gasteiger charge is -2.05. The van der Waals surface area contributed by atoms with E-state index in [2.05, 4.69) is 26.2 Å². The van der Waals surface area contributed by atoms with Crippen LogP contribution in [0.5, 0.6) is 0 Å². The third-order valence-electron chi connectivity index (χ3n) is 3.11. The maximum Gasteiger partial charge on any atom is 0.228 e. The average molecular weight is 329 g/mol. The van der Waals surface area contributed by atoms with Crippen molar-refractivity contribution in [3.05, 3.63) is 64.8 Å². The quantitative estimate of drug-likeness (QED) is 0.746. The van der Waals surface area contributed by atoms with Gasteiger partial charge in [-0.1, -0.05) is 22.0 Å². The van der Waals surface area contributed by atoms with E-state index in [1.165, 1.54) is 0 Å². The first-order valence-electron chi connectivity index (χ1n) is 6.32. The number of amides is 1. The zero-order chi connectivity index (χ0) is 13.9. The van der Waals surface area contributed by atoms with Crippen molar-refractivity contribution in [2.75, 3.05) is 5.32 Å². The molecular weight excluding hydrogens is 316 g/mol. The van der Waals surface area contributed by atoms with E-state index in [-0.39, 0.29) is 5.91 Å². The first kappa shape index (κ1) is 12.9. The van der Waals surface area contributed by atoms with Crippen molar-refractivity contribution in [2.45, 2.75) is 6.42 Å². The molecule has 0 fully saturated rings. The van der Waals surface area contributed by atoms with Crippen molar-refractivity contribution < 1.29 is 4.79 Å². The molecule has 0 aliphatic heterocycles. The zero-order valence-electron chi connectivity index (χ0n) is 10.7. The van der Waals surface area contributed by atoms with Crippen LogP contribution >= 0.6 is 15.9 Å². The van der Waals surface area contributed by atoms with Crippen LogP contribution in [0.4, 0.5) is 5.69 Å². The number of nitrogens with one attached hydrogen (secondary N) is 2. The fraction of sp³-hybridized carbons (Fsp3) is 0.0625. The minimum absolute atomic E-state index is 0.0118. The molecule has 0 unspecified atom stereocenters. The second-order valence-corrected chi connectivity index (χ2v) is 5.55. The predicted molar refractivity (Wildman–Crippen MR) is 84.8 cm³/mol. The van der Waals surface area contributed by atoms with Gasteiger partial charge >= 0.3 is 0 Å². The normalized spacial score (nSPS) is 10.7. The highest BCUT2D eigenvalue weighted by Crippen LogP contribution is 2.16. The van der Waals surface area contributed by atoms with Gasteiger partial charge in [-0.15, -0.1) is 0 Å². The number of hydrogen-bond acceptors (Lipinski definition) is 1. The number of rotatable bonds is 3. The van der Waals surface area contributed by atoms with E-state index in [0.717, 1.165) is 26.6 Å². The summed E-state index contributed by atoms with van der Waals surface area (Å²) in [5.41, 5.74) is 2.90. The second-order valence-electron chi connectivity index (χ2n) is 4.63. The molecule has 0 radical (unpaired) electrons. The third-order valence-corrected chi connectivity index (χ3v) is 3.64. The molecule has 1 amide bonds. The van der Waals surface area contributed by atoms with Gasteiger partial charge in [0.05, 0.1) is 6.42 Å². The lowest BCUT2D eigenvalue weighted by molar-refractivity contribution is -0.115. The number of benzene rings is 2. The molecule has 0 atom stereocenters. The summed E-state index contributed by atoms with van der Waals surface area (Å²) in [6, 6.07) is 15.6. The van der Waals surface area contributed by atoms with Gasteiger partial charge in [-0.25, -0.2) is 0 Å². The SMILES string of the molecule is O=C(Cc1ccc2[nH]ccc2c1)Nc1ccc(Br)cc1. The number of aromatic nitrogens is 1. The monoisotopic (exact) mass is 328 g/mol. The summed E-state index contributed by atoms with van der Waals surface area (Å²) in [5.74, 6) is -0.0118. The number of carbonyl (C=O) groups excluding carboxylic acids is 1. The minimum Gasteiger partial charge on any atom is -0.361 e. The van der Waals surface area contributed by atoms with E-state index in [4.69, 9.17) is 0 Å². The summed E-state index contributed by atoms with van der Waals surface area (Å²) >= 11 is 3.37. The molecule has 100 valence electrons. The van der Waals surface area contributed by atoms with Crippen LogP contribution in [0.2, 0.25) is 0 Å². The highest BCUT2D eigenvalue weighted by Gasteiger charge is 2.05. The van der Waals surface area contributed by atoms with Crippen molar-refractivity contribution in [1.29, 1.82) is 0 Å². The molecule has 1 aromatic heterocycles. The van der Waals surface area contributed by atoms with Crippen LogP contribution in [-0.2, 0) is 11.2 Å². The molecule has 0 saturated carbocycles. The standard InChI is InChI=1S/C16H13BrN2O/c17-13-2-4-14(5-3-13)19-16(20)10-11-1-6-15-12(9-11)7-8-18-15/h1-9,18H,10H2,(H,19,20). The Kier molecular flexibility index (Phi) is 3.56. The molecule has 1 heterocycles. The van der Waals surface area contributed by atoms with Gasteiger partial charge in [0.25, 0.3) is 0 Å². The molecule has 0 bridgehead atoms. The van der Waals surface area contributed by atoms with E-state index in [1.807, 2.05) is 54.7 Å². The molecule has 3 rings (SSSR count). The molecule has 20 heavy (non-hydrogen) atoms. The van der Waals surface area contributed by atoms with E-state index < -0.39 is 0 Å². The zero-order valence-corrected chi connectivity index (χ0v) is 12.3. The molecule has 4 heteroatoms. The van der Waals surface area contributed by atoms with E-state index in [9.17, 15) is 4.79 Å². The maximum atomic E-state index is 12.0. The number of carbonyl (C=O) groups is 1. The first-order chi connectivity index (χ1) is 9.70. The van der Waals surface area contributed by atoms with Gasteiger partial charge in [0.1, 0.15) is 0 Å². The number of H-pyrrole nitrogens is 1. The summed E-state index contributed by atoms with van der Waals surface area (Å²) in [6.45, 7) is 0. The predicted octanol–water partition coefficient (Wildman–Crippen LogP) is 4.11. The van der Waals surface area contributed by atoms with Crippen LogP contribution in [0.15, 0.2) is 59.2 Å². The smallest absolute Gasteiger partial charge is 0.228 e. The van der Waals surface area contributed by atoms with Crippen molar-refractivity contribution >= 4 is 38.4 Å². The van der Waals surface area contributed by atoms with Gasteiger partial charge in [0.2, 0.25) is 5.91 Å². The van der Waals surface area contributed by atoms with Crippen LogP contribution in [0.25, 0.3) is 10.9 Å². The molecule has 3 aromatic rings. The Labute approximate surface area is 125 Å². The molecule has 3 nitrogen and oxygen atoms in total. The first-order valence-corrected chi connectivity index (χ1v) is 7.11. The van der Waals surface area contributed by atoms with E-state index >= 15 is 0 Å². The molecular formula is C16H13BrN2O. The molecule has 0 saturated heterocycles. The Morgan fingerprint density at radius 3 is 2.70 bits per heavy atom. The number of halogens is 1. The van der Waals surface area contributed by atoms with Gasteiger partial charge in [-0.3, -0.25) is 4.79 Å². The lowest BCUT2D eigenvalue weighted by Crippen LogP contribution is -2.14. The van der Waals surface area contributed by atoms with Gasteiger partial charge in [0.15, 0.2) is 0 Å². The Morgan fingerprint density at radius 2 is 1.90 bits per heavy atom. The van der Waals surface area contributed by atoms with Gasteiger partial charge in [-0.05, 0) is 53.4 Å². The molecule has 0 aliphatic carbocycles. The van der Waals surface area contributed by atoms with Crippen LogP contribution in [-0.4, -0.2) is 10.9 Å². The lowest BCUT2D eigenvalue weighted by atomic mass is 10.1. The number of hydrogen-bond donors (Lipinski definition) is 2. The van der Waals surface area contributed by atoms with Crippen molar-refractivity contribution in [3.8, 4) is 0 Å². The van der Waals surface area contributed by atoms with Gasteiger partial charge in [-0.2, -0.15) is 0 Å². The summed E-state index contributed by atoms with van der Waals surface area (Å²) in [7, 11) is 0. The van der Waals surface area contributed by atoms with Gasteiger partial charge < -0.3 is 10.3 Å². The third kappa shape index (κ3) is 2.91. The summed E-state index contributed by atoms with van der Waals surface area (Å²) < 4.78 is 0.994. The fourth-order valence-corrected chi connectivity index (χ4v) is 2.40. The van der Waals surface area contributed by atoms with Crippen molar-refractivity contribution in [1.82, 2.24) is 4.98 Å². The molecule has 2 N–H and O–H groups in total. The van der Waals surface area contributed by atoms with Crippen LogP contribution in [0.1, 0.15) is 5.56 Å². The number of anilines is 1. The van der Waals surface area contributed by atoms with Crippen LogP contribution in [0, 0.1) is 0 Å². The Hall–Kier alpha value is -2.07. The Morgan fingerprint density at radius 1 is 1.10 bits per heavy atom. The molecule has 2 aromatic carbocycles. The summed E-state index contributed by atoms with van der Waals surface area (Å²) in [5, 5.41) is 4.02. The number of fused-ring (bicyclic) bond motifs is 1. The fourth-order valence-electron chi connectivity index (χ4n) is 2.14. The van der Waals surface area contributed by atoms with Crippen molar-refractivity contribution in [3.63, 3.8) is 0 Å². The molecule has 0 spiro atoms. The topological polar surface area (TPSA) is 44.9 Å². The van der Waals surface area contributed by atoms with Crippen LogP contribution in [0.3, 0.4) is 0 Å². The largest absolute Gasteiger partial charge is 0.361 e. The Balaban J connectivity index is 1.70. The second kappa shape index (κ2) is 5.51. The Bertz CT molecular complexity index is 747. The highest BCUT2D eigenvalue weighted by molar-refractivity contribution is 9.10. The minimum atomic E-state index is -0.0118. The van der Waals surface area contributed by atoms with E-state index in [0.29, 0.717) is 6.42 Å². The summed E-state index contributed by atoms with van der Waals surface area (Å²) in [6.07, 6.45) is 2.27. The highest BCUT2D eigenvalue weighted by atomic mass is 79.9. The van der Waals surface area contributed by atoms with E-state index in [1.54, 1.807) is 0 Å². The maximum absolute atomic E-state index is 12.0. The molecule has 0 aliphatic rings. The summed E-state index contributed by atoms with van der Waals surface area (Å²) in [4.78, 5) is 15.2. The van der Waals surface area contributed by atoms with Gasteiger partial charge in [0, 0.05) is 21.9 Å². The average Bonchev–Trinajstić information content (AvgIpc) is 2.89.